The van der Waals surface area contributed by atoms with Crippen molar-refractivity contribution in [2.24, 2.45) is 5.41 Å². The maximum absolute atomic E-state index is 9.98. The fourth-order valence-corrected chi connectivity index (χ4v) is 0.602. The summed E-state index contributed by atoms with van der Waals surface area (Å²) in [5.41, 5.74) is 0.352. The van der Waals surface area contributed by atoms with Crippen molar-refractivity contribution in [1.29, 1.82) is 0 Å². The Morgan fingerprint density at radius 3 is 1.78 bits per heavy atom. The molecule has 0 N–H and O–H groups in total. The van der Waals surface area contributed by atoms with Gasteiger partial charge >= 0.3 is 29.6 Å². The summed E-state index contributed by atoms with van der Waals surface area (Å²) in [6.07, 6.45) is 1.88. The van der Waals surface area contributed by atoms with Crippen LogP contribution in [0.4, 0.5) is 0 Å². The summed E-state index contributed by atoms with van der Waals surface area (Å²) in [5, 5.41) is 9.98. The van der Waals surface area contributed by atoms with Crippen molar-refractivity contribution < 1.29 is 34.7 Å². The normalized spacial score (nSPS) is 10.7. The summed E-state index contributed by atoms with van der Waals surface area (Å²) < 4.78 is 0. The van der Waals surface area contributed by atoms with Gasteiger partial charge in [-0.3, -0.25) is 0 Å². The summed E-state index contributed by atoms with van der Waals surface area (Å²) in [7, 11) is 0. The van der Waals surface area contributed by atoms with Crippen LogP contribution in [0.2, 0.25) is 0 Å². The van der Waals surface area contributed by atoms with Gasteiger partial charge in [-0.25, -0.2) is 0 Å². The third-order valence-corrected chi connectivity index (χ3v) is 1.07. The molecule has 0 atom stereocenters. The van der Waals surface area contributed by atoms with Crippen LogP contribution in [-0.4, -0.2) is 6.61 Å². The molecule has 0 bridgehead atoms. The summed E-state index contributed by atoms with van der Waals surface area (Å²) in [5.74, 6) is 0. The third kappa shape index (κ3) is 12.2. The third-order valence-electron chi connectivity index (χ3n) is 1.07. The van der Waals surface area contributed by atoms with E-state index in [0.29, 0.717) is 5.41 Å². The number of hydrogen-bond acceptors (Lipinski definition) is 1. The molecule has 50 valence electrons. The second-order valence-electron chi connectivity index (χ2n) is 3.37. The number of rotatable bonds is 2. The van der Waals surface area contributed by atoms with Crippen molar-refractivity contribution in [3.8, 4) is 0 Å². The molecule has 0 aliphatic rings. The quantitative estimate of drug-likeness (QED) is 0.412. The van der Waals surface area contributed by atoms with E-state index >= 15 is 0 Å². The Hall–Kier alpha value is 0.960. The molecule has 0 unspecified atom stereocenters. The van der Waals surface area contributed by atoms with E-state index in [4.69, 9.17) is 0 Å². The predicted molar refractivity (Wildman–Crippen MR) is 33.6 cm³/mol. The fraction of sp³-hybridized carbons (Fsp3) is 1.00. The molecule has 0 aliphatic heterocycles. The summed E-state index contributed by atoms with van der Waals surface area (Å²) in [6.45, 7) is 6.55. The van der Waals surface area contributed by atoms with Crippen LogP contribution in [0, 0.1) is 5.41 Å². The molecule has 0 radical (unpaired) electrons. The van der Waals surface area contributed by atoms with Gasteiger partial charge in [-0.05, 0) is 11.8 Å². The van der Waals surface area contributed by atoms with E-state index < -0.39 is 0 Å². The molecule has 0 spiro atoms. The zero-order valence-corrected chi connectivity index (χ0v) is 9.03. The Morgan fingerprint density at radius 2 is 1.67 bits per heavy atom. The SMILES string of the molecule is CC(C)(C)CCC[O-].[Na+]. The van der Waals surface area contributed by atoms with E-state index in [1.807, 2.05) is 0 Å². The van der Waals surface area contributed by atoms with Crippen LogP contribution >= 0.6 is 0 Å². The molecule has 0 fully saturated rings. The van der Waals surface area contributed by atoms with Crippen LogP contribution in [0.5, 0.6) is 0 Å². The summed E-state index contributed by atoms with van der Waals surface area (Å²) in [4.78, 5) is 0. The van der Waals surface area contributed by atoms with Gasteiger partial charge in [-0.15, -0.1) is 6.61 Å². The molecule has 0 amide bonds. The largest absolute Gasteiger partial charge is 1.00 e. The molecule has 2 heteroatoms. The van der Waals surface area contributed by atoms with Crippen molar-refractivity contribution in [3.63, 3.8) is 0 Å². The van der Waals surface area contributed by atoms with Crippen LogP contribution in [0.3, 0.4) is 0 Å². The topological polar surface area (TPSA) is 23.1 Å². The van der Waals surface area contributed by atoms with Crippen LogP contribution in [0.1, 0.15) is 33.6 Å². The fourth-order valence-electron chi connectivity index (χ4n) is 0.602. The van der Waals surface area contributed by atoms with Gasteiger partial charge in [0.2, 0.25) is 0 Å². The molecule has 0 saturated carbocycles. The Balaban J connectivity index is 0. The van der Waals surface area contributed by atoms with Crippen LogP contribution in [0.25, 0.3) is 0 Å². The van der Waals surface area contributed by atoms with E-state index in [0.717, 1.165) is 12.8 Å². The van der Waals surface area contributed by atoms with Gasteiger partial charge in [0.1, 0.15) is 0 Å². The zero-order valence-electron chi connectivity index (χ0n) is 7.03. The van der Waals surface area contributed by atoms with E-state index in [9.17, 15) is 5.11 Å². The molecule has 9 heavy (non-hydrogen) atoms. The molecular weight excluding hydrogens is 123 g/mol. The van der Waals surface area contributed by atoms with E-state index in [2.05, 4.69) is 20.8 Å². The maximum atomic E-state index is 9.98. The van der Waals surface area contributed by atoms with Crippen LogP contribution in [-0.2, 0) is 0 Å². The van der Waals surface area contributed by atoms with Gasteiger partial charge < -0.3 is 5.11 Å². The molecule has 1 nitrogen and oxygen atoms in total. The molecule has 0 aromatic carbocycles. The van der Waals surface area contributed by atoms with E-state index in [-0.39, 0.29) is 36.2 Å². The minimum atomic E-state index is 0. The van der Waals surface area contributed by atoms with Gasteiger partial charge in [0.25, 0.3) is 0 Å². The van der Waals surface area contributed by atoms with Gasteiger partial charge in [-0.1, -0.05) is 27.2 Å². The van der Waals surface area contributed by atoms with Crippen molar-refractivity contribution in [2.45, 2.75) is 33.6 Å². The van der Waals surface area contributed by atoms with Crippen molar-refractivity contribution in [3.05, 3.63) is 0 Å². The Morgan fingerprint density at radius 1 is 1.22 bits per heavy atom. The molecule has 0 aromatic rings. The Kier molecular flexibility index (Phi) is 8.02. The van der Waals surface area contributed by atoms with Crippen molar-refractivity contribution in [2.75, 3.05) is 6.61 Å². The molecule has 0 aromatic heterocycles. The van der Waals surface area contributed by atoms with Crippen molar-refractivity contribution >= 4 is 0 Å². The molecule has 0 rings (SSSR count). The van der Waals surface area contributed by atoms with Gasteiger partial charge in [0.05, 0.1) is 0 Å². The second-order valence-corrected chi connectivity index (χ2v) is 3.37. The Bertz CT molecular complexity index is 56.4. The van der Waals surface area contributed by atoms with Gasteiger partial charge in [-0.2, -0.15) is 0 Å². The first-order valence-electron chi connectivity index (χ1n) is 3.14. The summed E-state index contributed by atoms with van der Waals surface area (Å²) in [6, 6.07) is 0. The molecular formula is C7H15NaO. The molecule has 0 saturated heterocycles. The smallest absolute Gasteiger partial charge is 0.854 e. The van der Waals surface area contributed by atoms with Gasteiger partial charge in [0.15, 0.2) is 0 Å². The minimum Gasteiger partial charge on any atom is -0.854 e. The standard InChI is InChI=1S/C7H15O.Na/c1-7(2,3)5-4-6-8;/h4-6H2,1-3H3;/q-1;+1. The maximum Gasteiger partial charge on any atom is 1.00 e. The van der Waals surface area contributed by atoms with E-state index in [1.165, 1.54) is 0 Å². The summed E-state index contributed by atoms with van der Waals surface area (Å²) >= 11 is 0. The first-order valence-corrected chi connectivity index (χ1v) is 3.14. The first kappa shape index (κ1) is 12.6. The van der Waals surface area contributed by atoms with Crippen LogP contribution < -0.4 is 34.7 Å². The number of hydrogen-bond donors (Lipinski definition) is 0. The van der Waals surface area contributed by atoms with E-state index in [1.54, 1.807) is 0 Å². The second kappa shape index (κ2) is 5.72. The predicted octanol–water partition coefficient (Wildman–Crippen LogP) is -1.82. The van der Waals surface area contributed by atoms with Gasteiger partial charge in [0, 0.05) is 0 Å². The first-order chi connectivity index (χ1) is 3.56. The zero-order chi connectivity index (χ0) is 6.62. The van der Waals surface area contributed by atoms with Crippen LogP contribution in [0.15, 0.2) is 0 Å². The minimum absolute atomic E-state index is 0. The molecule has 0 aliphatic carbocycles. The average Bonchev–Trinajstić information content (AvgIpc) is 1.59. The Labute approximate surface area is 80.1 Å². The van der Waals surface area contributed by atoms with Crippen molar-refractivity contribution in [1.82, 2.24) is 0 Å². The average molecular weight is 138 g/mol. The monoisotopic (exact) mass is 138 g/mol. The molecule has 0 heterocycles.